The molecule has 0 fully saturated rings. The summed E-state index contributed by atoms with van der Waals surface area (Å²) in [5, 5.41) is 3.20. The lowest BCUT2D eigenvalue weighted by Crippen LogP contribution is -2.25. The number of hydrogen-bond acceptors (Lipinski definition) is 4. The number of alkyl halides is 2. The van der Waals surface area contributed by atoms with Crippen molar-refractivity contribution in [2.45, 2.75) is 26.7 Å². The summed E-state index contributed by atoms with van der Waals surface area (Å²) in [6.45, 7) is 4.77. The molecule has 3 nitrogen and oxygen atoms in total. The lowest BCUT2D eigenvalue weighted by molar-refractivity contribution is -0.286. The zero-order chi connectivity index (χ0) is 14.3. The van der Waals surface area contributed by atoms with E-state index in [1.807, 2.05) is 0 Å². The minimum Gasteiger partial charge on any atom is -0.395 e. The molecule has 1 aromatic heterocycles. The highest BCUT2D eigenvalue weighted by Gasteiger charge is 2.43. The van der Waals surface area contributed by atoms with Crippen LogP contribution in [0.1, 0.15) is 15.3 Å². The second-order valence-electron chi connectivity index (χ2n) is 4.62. The van der Waals surface area contributed by atoms with Crippen LogP contribution in [-0.2, 0) is 6.54 Å². The number of fused-ring (bicyclic) bond motifs is 1. The van der Waals surface area contributed by atoms with Crippen LogP contribution in [0.5, 0.6) is 11.5 Å². The van der Waals surface area contributed by atoms with Gasteiger partial charge in [0.1, 0.15) is 0 Å². The van der Waals surface area contributed by atoms with Gasteiger partial charge in [0, 0.05) is 28.1 Å². The zero-order valence-electron chi connectivity index (χ0n) is 11.0. The highest BCUT2D eigenvalue weighted by Crippen LogP contribution is 2.42. The average molecular weight is 297 g/mol. The fraction of sp³-hybridized carbons (Fsp3) is 0.286. The standard InChI is InChI=1S/C14H13F2NO2S/c1-8-5-10(9(2)20-8)7-17-11-3-4-12-13(6-11)19-14(15,16)18-12/h3-6,17H,7H2,1-2H3. The summed E-state index contributed by atoms with van der Waals surface area (Å²) in [6, 6.07) is 6.81. The zero-order valence-corrected chi connectivity index (χ0v) is 11.8. The maximum absolute atomic E-state index is 12.9. The van der Waals surface area contributed by atoms with Crippen molar-refractivity contribution in [2.75, 3.05) is 5.32 Å². The Hall–Kier alpha value is -1.82. The van der Waals surface area contributed by atoms with Gasteiger partial charge in [0.2, 0.25) is 0 Å². The molecule has 20 heavy (non-hydrogen) atoms. The molecular weight excluding hydrogens is 284 g/mol. The first kappa shape index (κ1) is 13.2. The topological polar surface area (TPSA) is 30.5 Å². The summed E-state index contributed by atoms with van der Waals surface area (Å²) in [6.07, 6.45) is -3.57. The first-order valence-corrected chi connectivity index (χ1v) is 6.94. The van der Waals surface area contributed by atoms with Crippen LogP contribution in [0.3, 0.4) is 0 Å². The van der Waals surface area contributed by atoms with Gasteiger partial charge in [-0.2, -0.15) is 0 Å². The molecule has 0 atom stereocenters. The Morgan fingerprint density at radius 2 is 1.90 bits per heavy atom. The molecule has 0 aliphatic carbocycles. The van der Waals surface area contributed by atoms with E-state index in [-0.39, 0.29) is 11.5 Å². The van der Waals surface area contributed by atoms with Crippen molar-refractivity contribution >= 4 is 17.0 Å². The van der Waals surface area contributed by atoms with E-state index in [2.05, 4.69) is 34.7 Å². The third kappa shape index (κ3) is 2.56. The summed E-state index contributed by atoms with van der Waals surface area (Å²) in [4.78, 5) is 2.51. The predicted molar refractivity (Wildman–Crippen MR) is 73.8 cm³/mol. The van der Waals surface area contributed by atoms with Crippen LogP contribution in [-0.4, -0.2) is 6.29 Å². The van der Waals surface area contributed by atoms with E-state index < -0.39 is 6.29 Å². The molecule has 0 saturated carbocycles. The van der Waals surface area contributed by atoms with E-state index in [1.165, 1.54) is 27.5 Å². The molecule has 2 heterocycles. The van der Waals surface area contributed by atoms with Crippen LogP contribution >= 0.6 is 11.3 Å². The molecule has 1 N–H and O–H groups in total. The summed E-state index contributed by atoms with van der Waals surface area (Å²) < 4.78 is 34.6. The molecule has 2 aromatic rings. The molecule has 0 unspecified atom stereocenters. The Labute approximate surface area is 119 Å². The third-order valence-electron chi connectivity index (χ3n) is 3.03. The van der Waals surface area contributed by atoms with Crippen LogP contribution in [0.4, 0.5) is 14.5 Å². The number of thiophene rings is 1. The van der Waals surface area contributed by atoms with E-state index in [0.717, 1.165) is 0 Å². The number of rotatable bonds is 3. The molecule has 6 heteroatoms. The summed E-state index contributed by atoms with van der Waals surface area (Å²) in [7, 11) is 0. The molecule has 0 amide bonds. The summed E-state index contributed by atoms with van der Waals surface area (Å²) >= 11 is 1.74. The molecule has 0 saturated heterocycles. The summed E-state index contributed by atoms with van der Waals surface area (Å²) in [5.41, 5.74) is 1.92. The summed E-state index contributed by atoms with van der Waals surface area (Å²) in [5.74, 6) is 0.112. The van der Waals surface area contributed by atoms with E-state index in [4.69, 9.17) is 0 Å². The van der Waals surface area contributed by atoms with Gasteiger partial charge in [-0.15, -0.1) is 20.1 Å². The minimum atomic E-state index is -3.57. The van der Waals surface area contributed by atoms with Gasteiger partial charge >= 0.3 is 6.29 Å². The average Bonchev–Trinajstić information content (AvgIpc) is 2.83. The molecule has 0 bridgehead atoms. The number of ether oxygens (including phenoxy) is 2. The first-order chi connectivity index (χ1) is 9.43. The van der Waals surface area contributed by atoms with E-state index in [0.29, 0.717) is 12.2 Å². The second kappa shape index (κ2) is 4.63. The van der Waals surface area contributed by atoms with E-state index in [9.17, 15) is 8.78 Å². The van der Waals surface area contributed by atoms with Crippen molar-refractivity contribution in [3.05, 3.63) is 39.6 Å². The SMILES string of the molecule is Cc1cc(CNc2ccc3c(c2)OC(F)(F)O3)c(C)s1. The van der Waals surface area contributed by atoms with E-state index >= 15 is 0 Å². The Bertz CT molecular complexity index is 655. The highest BCUT2D eigenvalue weighted by atomic mass is 32.1. The maximum atomic E-state index is 12.9. The van der Waals surface area contributed by atoms with Crippen molar-refractivity contribution in [3.8, 4) is 11.5 Å². The Kier molecular flexibility index (Phi) is 3.05. The first-order valence-electron chi connectivity index (χ1n) is 6.13. The van der Waals surface area contributed by atoms with Gasteiger partial charge in [-0.25, -0.2) is 0 Å². The fourth-order valence-electron chi connectivity index (χ4n) is 2.12. The van der Waals surface area contributed by atoms with Crippen LogP contribution in [0.15, 0.2) is 24.3 Å². The van der Waals surface area contributed by atoms with Crippen molar-refractivity contribution < 1.29 is 18.3 Å². The third-order valence-corrected chi connectivity index (χ3v) is 4.04. The van der Waals surface area contributed by atoms with Gasteiger partial charge in [-0.1, -0.05) is 0 Å². The molecule has 1 aliphatic heterocycles. The number of halogens is 2. The van der Waals surface area contributed by atoms with Gasteiger partial charge in [-0.05, 0) is 37.6 Å². The van der Waals surface area contributed by atoms with Gasteiger partial charge in [-0.3, -0.25) is 0 Å². The highest BCUT2D eigenvalue weighted by molar-refractivity contribution is 7.12. The molecule has 0 radical (unpaired) electrons. The van der Waals surface area contributed by atoms with Crippen molar-refractivity contribution in [1.82, 2.24) is 0 Å². The molecule has 1 aliphatic rings. The monoisotopic (exact) mass is 297 g/mol. The maximum Gasteiger partial charge on any atom is 0.586 e. The lowest BCUT2D eigenvalue weighted by Gasteiger charge is -2.06. The van der Waals surface area contributed by atoms with Gasteiger partial charge in [0.05, 0.1) is 0 Å². The molecular formula is C14H13F2NO2S. The smallest absolute Gasteiger partial charge is 0.395 e. The fourth-order valence-corrected chi connectivity index (χ4v) is 3.06. The Morgan fingerprint density at radius 1 is 1.15 bits per heavy atom. The molecule has 106 valence electrons. The number of hydrogen-bond donors (Lipinski definition) is 1. The van der Waals surface area contributed by atoms with Gasteiger partial charge < -0.3 is 14.8 Å². The number of aryl methyl sites for hydroxylation is 2. The lowest BCUT2D eigenvalue weighted by atomic mass is 10.2. The Morgan fingerprint density at radius 3 is 2.60 bits per heavy atom. The number of nitrogens with one attached hydrogen (secondary N) is 1. The van der Waals surface area contributed by atoms with Gasteiger partial charge in [0.25, 0.3) is 0 Å². The normalized spacial score (nSPS) is 15.4. The van der Waals surface area contributed by atoms with Crippen LogP contribution in [0.25, 0.3) is 0 Å². The van der Waals surface area contributed by atoms with Crippen LogP contribution in [0, 0.1) is 13.8 Å². The minimum absolute atomic E-state index is 0.0539. The van der Waals surface area contributed by atoms with Crippen LogP contribution in [0.2, 0.25) is 0 Å². The Balaban J connectivity index is 1.72. The second-order valence-corrected chi connectivity index (χ2v) is 6.08. The predicted octanol–water partition coefficient (Wildman–Crippen LogP) is 4.30. The molecule has 1 aromatic carbocycles. The van der Waals surface area contributed by atoms with Crippen LogP contribution < -0.4 is 14.8 Å². The van der Waals surface area contributed by atoms with E-state index in [1.54, 1.807) is 17.4 Å². The van der Waals surface area contributed by atoms with Gasteiger partial charge in [0.15, 0.2) is 11.5 Å². The van der Waals surface area contributed by atoms with Crippen molar-refractivity contribution in [2.24, 2.45) is 0 Å². The quantitative estimate of drug-likeness (QED) is 0.916. The van der Waals surface area contributed by atoms with Crippen molar-refractivity contribution in [1.29, 1.82) is 0 Å². The molecule has 0 spiro atoms. The number of benzene rings is 1. The van der Waals surface area contributed by atoms with Crippen molar-refractivity contribution in [3.63, 3.8) is 0 Å². The number of anilines is 1. The molecule has 3 rings (SSSR count). The largest absolute Gasteiger partial charge is 0.586 e.